The van der Waals surface area contributed by atoms with Crippen LogP contribution >= 0.6 is 0 Å². The highest BCUT2D eigenvalue weighted by atomic mass is 19.1. The first-order valence-corrected chi connectivity index (χ1v) is 8.64. The van der Waals surface area contributed by atoms with Gasteiger partial charge in [0.15, 0.2) is 0 Å². The maximum atomic E-state index is 13.2. The quantitative estimate of drug-likeness (QED) is 0.756. The Morgan fingerprint density at radius 3 is 2.72 bits per heavy atom. The van der Waals surface area contributed by atoms with Gasteiger partial charge in [0.2, 0.25) is 0 Å². The van der Waals surface area contributed by atoms with Crippen molar-refractivity contribution in [3.8, 4) is 0 Å². The summed E-state index contributed by atoms with van der Waals surface area (Å²) in [6.07, 6.45) is 3.11. The molecule has 1 unspecified atom stereocenters. The predicted molar refractivity (Wildman–Crippen MR) is 95.6 cm³/mol. The van der Waals surface area contributed by atoms with E-state index in [1.54, 1.807) is 12.1 Å². The van der Waals surface area contributed by atoms with E-state index in [2.05, 4.69) is 11.5 Å². The van der Waals surface area contributed by atoms with Crippen molar-refractivity contribution in [2.75, 3.05) is 0 Å². The van der Waals surface area contributed by atoms with Gasteiger partial charge in [0.25, 0.3) is 0 Å². The van der Waals surface area contributed by atoms with Gasteiger partial charge in [0, 0.05) is 23.1 Å². The minimum Gasteiger partial charge on any atom is -0.478 e. The second kappa shape index (κ2) is 6.03. The number of nitrogens with zero attached hydrogens (tertiary/aromatic N) is 1. The second-order valence-corrected chi connectivity index (χ2v) is 7.02. The summed E-state index contributed by atoms with van der Waals surface area (Å²) in [6, 6.07) is 12.0. The Bertz CT molecular complexity index is 956. The van der Waals surface area contributed by atoms with E-state index >= 15 is 0 Å². The van der Waals surface area contributed by atoms with E-state index < -0.39 is 5.97 Å². The molecule has 1 heterocycles. The van der Waals surface area contributed by atoms with E-state index in [1.165, 1.54) is 23.4 Å². The third-order valence-corrected chi connectivity index (χ3v) is 5.21. The Hall–Kier alpha value is -2.62. The molecule has 2 aromatic carbocycles. The number of hydrogen-bond donors (Lipinski definition) is 1. The molecule has 1 aliphatic rings. The summed E-state index contributed by atoms with van der Waals surface area (Å²) in [5.41, 5.74) is 5.00. The minimum atomic E-state index is -0.897. The topological polar surface area (TPSA) is 42.2 Å². The number of carbonyl (C=O) groups is 1. The first-order chi connectivity index (χ1) is 12.0. The summed E-state index contributed by atoms with van der Waals surface area (Å²) in [7, 11) is 0. The molecule has 0 saturated heterocycles. The van der Waals surface area contributed by atoms with Gasteiger partial charge in [-0.1, -0.05) is 19.1 Å². The predicted octanol–water partition coefficient (Wildman–Crippen LogP) is 4.65. The molecule has 0 radical (unpaired) electrons. The van der Waals surface area contributed by atoms with E-state index in [-0.39, 0.29) is 5.82 Å². The van der Waals surface area contributed by atoms with Crippen LogP contribution in [0.4, 0.5) is 4.39 Å². The van der Waals surface area contributed by atoms with Gasteiger partial charge < -0.3 is 9.67 Å². The van der Waals surface area contributed by atoms with Crippen molar-refractivity contribution in [3.63, 3.8) is 0 Å². The van der Waals surface area contributed by atoms with Crippen LogP contribution in [0.1, 0.15) is 40.5 Å². The molecule has 1 aliphatic carbocycles. The van der Waals surface area contributed by atoms with Gasteiger partial charge in [0.1, 0.15) is 5.82 Å². The van der Waals surface area contributed by atoms with Crippen molar-refractivity contribution in [2.24, 2.45) is 5.92 Å². The van der Waals surface area contributed by atoms with Crippen LogP contribution in [0.3, 0.4) is 0 Å². The number of hydrogen-bond acceptors (Lipinski definition) is 1. The Labute approximate surface area is 145 Å². The number of aromatic carboxylic acids is 1. The fourth-order valence-corrected chi connectivity index (χ4v) is 3.91. The number of rotatable bonds is 3. The monoisotopic (exact) mass is 337 g/mol. The molecule has 4 heteroatoms. The zero-order valence-corrected chi connectivity index (χ0v) is 14.1. The number of halogens is 1. The molecule has 1 aromatic heterocycles. The van der Waals surface area contributed by atoms with Crippen LogP contribution in [-0.4, -0.2) is 15.6 Å². The normalized spacial score (nSPS) is 16.8. The number of aromatic nitrogens is 1. The Morgan fingerprint density at radius 2 is 2.00 bits per heavy atom. The lowest BCUT2D eigenvalue weighted by atomic mass is 9.87. The number of fused-ring (bicyclic) bond motifs is 3. The van der Waals surface area contributed by atoms with Crippen molar-refractivity contribution in [1.82, 2.24) is 4.57 Å². The molecule has 3 aromatic rings. The molecule has 0 bridgehead atoms. The maximum Gasteiger partial charge on any atom is 0.335 e. The highest BCUT2D eigenvalue weighted by Gasteiger charge is 2.24. The molecule has 0 amide bonds. The first-order valence-electron chi connectivity index (χ1n) is 8.64. The number of benzene rings is 2. The van der Waals surface area contributed by atoms with Crippen molar-refractivity contribution in [2.45, 2.75) is 32.7 Å². The summed E-state index contributed by atoms with van der Waals surface area (Å²) in [5, 5.41) is 10.4. The third kappa shape index (κ3) is 2.82. The van der Waals surface area contributed by atoms with Crippen LogP contribution in [0.25, 0.3) is 10.9 Å². The molecule has 4 rings (SSSR count). The Balaban J connectivity index is 1.88. The van der Waals surface area contributed by atoms with Crippen molar-refractivity contribution in [1.29, 1.82) is 0 Å². The fourth-order valence-electron chi connectivity index (χ4n) is 3.91. The van der Waals surface area contributed by atoms with E-state index in [4.69, 9.17) is 0 Å². The number of carboxylic acid groups (broad SMARTS) is 1. The molecule has 1 atom stereocenters. The lowest BCUT2D eigenvalue weighted by Crippen LogP contribution is -2.14. The summed E-state index contributed by atoms with van der Waals surface area (Å²) in [5.74, 6) is -0.528. The largest absolute Gasteiger partial charge is 0.478 e. The van der Waals surface area contributed by atoms with Gasteiger partial charge in [-0.15, -0.1) is 0 Å². The fraction of sp³-hybridized carbons (Fsp3) is 0.286. The average Bonchev–Trinajstić information content (AvgIpc) is 2.89. The van der Waals surface area contributed by atoms with Gasteiger partial charge in [0.05, 0.1) is 5.56 Å². The molecule has 0 saturated carbocycles. The summed E-state index contributed by atoms with van der Waals surface area (Å²) < 4.78 is 15.5. The molecular formula is C21H20FNO2. The molecule has 1 N–H and O–H groups in total. The van der Waals surface area contributed by atoms with Crippen LogP contribution in [0.5, 0.6) is 0 Å². The maximum absolute atomic E-state index is 13.2. The highest BCUT2D eigenvalue weighted by molar-refractivity contribution is 5.95. The van der Waals surface area contributed by atoms with Crippen LogP contribution in [0, 0.1) is 11.7 Å². The molecule has 0 fully saturated rings. The van der Waals surface area contributed by atoms with Crippen LogP contribution in [0.15, 0.2) is 42.5 Å². The molecule has 0 spiro atoms. The summed E-state index contributed by atoms with van der Waals surface area (Å²) in [4.78, 5) is 11.4. The average molecular weight is 337 g/mol. The van der Waals surface area contributed by atoms with E-state index in [0.29, 0.717) is 18.0 Å². The standard InChI is InChI=1S/C21H20FNO2/c1-13-2-8-19-17(10-13)18-11-15(21(24)25)5-9-20(18)23(19)12-14-3-6-16(22)7-4-14/h3-7,9,11,13H,2,8,10,12H2,1H3,(H,24,25). The Morgan fingerprint density at radius 1 is 1.24 bits per heavy atom. The molecule has 0 aliphatic heterocycles. The smallest absolute Gasteiger partial charge is 0.335 e. The lowest BCUT2D eigenvalue weighted by molar-refractivity contribution is 0.0697. The van der Waals surface area contributed by atoms with Crippen LogP contribution < -0.4 is 0 Å². The third-order valence-electron chi connectivity index (χ3n) is 5.21. The SMILES string of the molecule is CC1CCc2c(c3cc(C(=O)O)ccc3n2Cc2ccc(F)cc2)C1. The summed E-state index contributed by atoms with van der Waals surface area (Å²) >= 11 is 0. The van der Waals surface area contributed by atoms with Gasteiger partial charge in [-0.05, 0) is 66.6 Å². The van der Waals surface area contributed by atoms with Gasteiger partial charge in [-0.3, -0.25) is 0 Å². The zero-order valence-electron chi connectivity index (χ0n) is 14.1. The lowest BCUT2D eigenvalue weighted by Gasteiger charge is -2.21. The van der Waals surface area contributed by atoms with Crippen molar-refractivity contribution < 1.29 is 14.3 Å². The van der Waals surface area contributed by atoms with Gasteiger partial charge >= 0.3 is 5.97 Å². The van der Waals surface area contributed by atoms with Crippen molar-refractivity contribution >= 4 is 16.9 Å². The first kappa shape index (κ1) is 15.9. The molecule has 25 heavy (non-hydrogen) atoms. The minimum absolute atomic E-state index is 0.233. The van der Waals surface area contributed by atoms with Gasteiger partial charge in [-0.2, -0.15) is 0 Å². The van der Waals surface area contributed by atoms with Crippen LogP contribution in [-0.2, 0) is 19.4 Å². The summed E-state index contributed by atoms with van der Waals surface area (Å²) in [6.45, 7) is 2.92. The van der Waals surface area contributed by atoms with Crippen LogP contribution in [0.2, 0.25) is 0 Å². The van der Waals surface area contributed by atoms with Crippen molar-refractivity contribution in [3.05, 3.63) is 70.7 Å². The molecular weight excluding hydrogens is 317 g/mol. The Kier molecular flexibility index (Phi) is 3.83. The van der Waals surface area contributed by atoms with E-state index in [0.717, 1.165) is 35.7 Å². The zero-order chi connectivity index (χ0) is 17.6. The highest BCUT2D eigenvalue weighted by Crippen LogP contribution is 2.35. The van der Waals surface area contributed by atoms with E-state index in [9.17, 15) is 14.3 Å². The molecule has 3 nitrogen and oxygen atoms in total. The van der Waals surface area contributed by atoms with E-state index in [1.807, 2.05) is 18.2 Å². The van der Waals surface area contributed by atoms with Gasteiger partial charge in [-0.25, -0.2) is 9.18 Å². The second-order valence-electron chi connectivity index (χ2n) is 7.02. The molecule has 128 valence electrons. The number of carboxylic acids is 1.